The van der Waals surface area contributed by atoms with Gasteiger partial charge in [0.15, 0.2) is 5.69 Å². The molecule has 0 bridgehead atoms. The number of ether oxygens (including phenoxy) is 1. The van der Waals surface area contributed by atoms with Crippen LogP contribution in [0.5, 0.6) is 0 Å². The number of nitrogens with one attached hydrogen (secondary N) is 1. The molecular formula is C17H24N4O3. The van der Waals surface area contributed by atoms with Gasteiger partial charge in [-0.25, -0.2) is 0 Å². The standard InChI is InChI=1S/C17H24N4O3/c1-16(2)11-17(13(24-16)10-14(22)18-3)7-5-9-21(17)15(23)12-6-4-8-19-20-12/h4,6,8,13H,5,7,9-11H2,1-3H3,(H,18,22)/t13-,17+/m0/s1. The second kappa shape index (κ2) is 6.12. The number of aromatic nitrogens is 2. The van der Waals surface area contributed by atoms with Crippen molar-refractivity contribution < 1.29 is 14.3 Å². The fourth-order valence-electron chi connectivity index (χ4n) is 4.17. The fraction of sp³-hybridized carbons (Fsp3) is 0.647. The van der Waals surface area contributed by atoms with Gasteiger partial charge in [0.05, 0.1) is 23.7 Å². The third kappa shape index (κ3) is 2.88. The zero-order valence-electron chi connectivity index (χ0n) is 14.4. The number of hydrogen-bond acceptors (Lipinski definition) is 5. The predicted octanol–water partition coefficient (Wildman–Crippen LogP) is 1.15. The minimum Gasteiger partial charge on any atom is -0.369 e. The summed E-state index contributed by atoms with van der Waals surface area (Å²) >= 11 is 0. The van der Waals surface area contributed by atoms with Gasteiger partial charge in [0.2, 0.25) is 5.91 Å². The van der Waals surface area contributed by atoms with E-state index in [2.05, 4.69) is 15.5 Å². The van der Waals surface area contributed by atoms with Crippen molar-refractivity contribution in [2.45, 2.75) is 56.8 Å². The van der Waals surface area contributed by atoms with Crippen molar-refractivity contribution in [3.63, 3.8) is 0 Å². The summed E-state index contributed by atoms with van der Waals surface area (Å²) in [6.07, 6.45) is 3.94. The number of carbonyl (C=O) groups is 2. The Morgan fingerprint density at radius 1 is 1.46 bits per heavy atom. The largest absolute Gasteiger partial charge is 0.369 e. The molecule has 2 fully saturated rings. The number of amides is 2. The third-order valence-electron chi connectivity index (χ3n) is 5.01. The van der Waals surface area contributed by atoms with Gasteiger partial charge < -0.3 is 15.0 Å². The second-order valence-electron chi connectivity index (χ2n) is 7.19. The SMILES string of the molecule is CNC(=O)C[C@@H]1OC(C)(C)C[C@]12CCCN2C(=O)c1cccnn1. The van der Waals surface area contributed by atoms with Crippen LogP contribution in [0.2, 0.25) is 0 Å². The average molecular weight is 332 g/mol. The van der Waals surface area contributed by atoms with Crippen molar-refractivity contribution in [3.05, 3.63) is 24.0 Å². The van der Waals surface area contributed by atoms with Crippen LogP contribution in [0.15, 0.2) is 18.3 Å². The topological polar surface area (TPSA) is 84.4 Å². The lowest BCUT2D eigenvalue weighted by atomic mass is 9.82. The fourth-order valence-corrected chi connectivity index (χ4v) is 4.17. The van der Waals surface area contributed by atoms with Gasteiger partial charge in [0, 0.05) is 26.2 Å². The number of rotatable bonds is 3. The molecule has 2 aliphatic rings. The molecule has 1 aromatic heterocycles. The highest BCUT2D eigenvalue weighted by molar-refractivity contribution is 5.93. The van der Waals surface area contributed by atoms with E-state index in [4.69, 9.17) is 4.74 Å². The molecule has 0 aromatic carbocycles. The van der Waals surface area contributed by atoms with Crippen LogP contribution >= 0.6 is 0 Å². The lowest BCUT2D eigenvalue weighted by Gasteiger charge is -2.38. The highest BCUT2D eigenvalue weighted by Gasteiger charge is 2.58. The van der Waals surface area contributed by atoms with Crippen molar-refractivity contribution in [1.29, 1.82) is 0 Å². The van der Waals surface area contributed by atoms with E-state index in [1.54, 1.807) is 25.4 Å². The van der Waals surface area contributed by atoms with Crippen LogP contribution in [0, 0.1) is 0 Å². The van der Waals surface area contributed by atoms with Gasteiger partial charge >= 0.3 is 0 Å². The minimum atomic E-state index is -0.454. The molecule has 3 heterocycles. The lowest BCUT2D eigenvalue weighted by molar-refractivity contribution is -0.126. The molecule has 3 rings (SSSR count). The summed E-state index contributed by atoms with van der Waals surface area (Å²) in [5.74, 6) is -0.209. The van der Waals surface area contributed by atoms with Crippen molar-refractivity contribution in [1.82, 2.24) is 20.4 Å². The maximum atomic E-state index is 13.0. The molecular weight excluding hydrogens is 308 g/mol. The van der Waals surface area contributed by atoms with Crippen LogP contribution in [0.3, 0.4) is 0 Å². The molecule has 2 atom stereocenters. The number of nitrogens with zero attached hydrogens (tertiary/aromatic N) is 3. The number of likely N-dealkylation sites (tertiary alicyclic amines) is 1. The van der Waals surface area contributed by atoms with E-state index < -0.39 is 5.54 Å². The van der Waals surface area contributed by atoms with Gasteiger partial charge in [-0.3, -0.25) is 9.59 Å². The summed E-state index contributed by atoms with van der Waals surface area (Å²) in [6.45, 7) is 4.68. The third-order valence-corrected chi connectivity index (χ3v) is 5.01. The first kappa shape index (κ1) is 16.8. The summed E-state index contributed by atoms with van der Waals surface area (Å²) in [5.41, 5.74) is -0.490. The van der Waals surface area contributed by atoms with Gasteiger partial charge in [-0.1, -0.05) is 0 Å². The summed E-state index contributed by atoms with van der Waals surface area (Å²) in [4.78, 5) is 26.8. The van der Waals surface area contributed by atoms with Crippen LogP contribution in [0.1, 0.15) is 50.0 Å². The molecule has 0 radical (unpaired) electrons. The predicted molar refractivity (Wildman–Crippen MR) is 87.3 cm³/mol. The molecule has 130 valence electrons. The van der Waals surface area contributed by atoms with Gasteiger partial charge in [-0.15, -0.1) is 5.10 Å². The molecule has 0 aliphatic carbocycles. The van der Waals surface area contributed by atoms with Crippen molar-refractivity contribution in [3.8, 4) is 0 Å². The van der Waals surface area contributed by atoms with E-state index in [1.807, 2.05) is 18.7 Å². The summed E-state index contributed by atoms with van der Waals surface area (Å²) in [5, 5.41) is 10.4. The van der Waals surface area contributed by atoms with Crippen LogP contribution in [0.4, 0.5) is 0 Å². The van der Waals surface area contributed by atoms with E-state index >= 15 is 0 Å². The summed E-state index contributed by atoms with van der Waals surface area (Å²) in [6, 6.07) is 3.39. The maximum Gasteiger partial charge on any atom is 0.274 e. The zero-order valence-corrected chi connectivity index (χ0v) is 14.4. The number of carbonyl (C=O) groups excluding carboxylic acids is 2. The van der Waals surface area contributed by atoms with E-state index in [0.29, 0.717) is 18.7 Å². The normalized spacial score (nSPS) is 28.3. The molecule has 0 unspecified atom stereocenters. The van der Waals surface area contributed by atoms with Crippen LogP contribution in [-0.4, -0.2) is 57.7 Å². The smallest absolute Gasteiger partial charge is 0.274 e. The lowest BCUT2D eigenvalue weighted by Crippen LogP contribution is -2.54. The first-order chi connectivity index (χ1) is 11.4. The Hall–Kier alpha value is -2.02. The van der Waals surface area contributed by atoms with Gasteiger partial charge in [0.25, 0.3) is 5.91 Å². The van der Waals surface area contributed by atoms with Crippen LogP contribution in [0.25, 0.3) is 0 Å². The molecule has 1 N–H and O–H groups in total. The Balaban J connectivity index is 1.93. The van der Waals surface area contributed by atoms with E-state index in [0.717, 1.165) is 12.8 Å². The quantitative estimate of drug-likeness (QED) is 0.898. The highest BCUT2D eigenvalue weighted by atomic mass is 16.5. The molecule has 24 heavy (non-hydrogen) atoms. The zero-order chi connectivity index (χ0) is 17.4. The Morgan fingerprint density at radius 3 is 2.92 bits per heavy atom. The first-order valence-corrected chi connectivity index (χ1v) is 8.36. The molecule has 0 saturated carbocycles. The summed E-state index contributed by atoms with van der Waals surface area (Å²) < 4.78 is 6.18. The summed E-state index contributed by atoms with van der Waals surface area (Å²) in [7, 11) is 1.62. The molecule has 1 spiro atoms. The number of hydrogen-bond donors (Lipinski definition) is 1. The Bertz CT molecular complexity index is 634. The van der Waals surface area contributed by atoms with Crippen molar-refractivity contribution in [2.24, 2.45) is 0 Å². The Morgan fingerprint density at radius 2 is 2.25 bits per heavy atom. The molecule has 1 aromatic rings. The van der Waals surface area contributed by atoms with E-state index in [1.165, 1.54) is 0 Å². The van der Waals surface area contributed by atoms with E-state index in [-0.39, 0.29) is 29.9 Å². The molecule has 2 amide bonds. The second-order valence-corrected chi connectivity index (χ2v) is 7.19. The average Bonchev–Trinajstić information content (AvgIpc) is 3.08. The van der Waals surface area contributed by atoms with Crippen LogP contribution < -0.4 is 5.32 Å². The highest BCUT2D eigenvalue weighted by Crippen LogP contribution is 2.49. The van der Waals surface area contributed by atoms with E-state index in [9.17, 15) is 9.59 Å². The molecule has 2 saturated heterocycles. The minimum absolute atomic E-state index is 0.0733. The van der Waals surface area contributed by atoms with Crippen LogP contribution in [-0.2, 0) is 9.53 Å². The van der Waals surface area contributed by atoms with Gasteiger partial charge in [-0.2, -0.15) is 5.10 Å². The Kier molecular flexibility index (Phi) is 4.29. The first-order valence-electron chi connectivity index (χ1n) is 8.36. The van der Waals surface area contributed by atoms with Gasteiger partial charge in [0.1, 0.15) is 0 Å². The molecule has 7 nitrogen and oxygen atoms in total. The van der Waals surface area contributed by atoms with Gasteiger partial charge in [-0.05, 0) is 38.8 Å². The van der Waals surface area contributed by atoms with Crippen molar-refractivity contribution in [2.75, 3.05) is 13.6 Å². The molecule has 2 aliphatic heterocycles. The Labute approximate surface area is 141 Å². The maximum absolute atomic E-state index is 13.0. The van der Waals surface area contributed by atoms with Crippen molar-refractivity contribution >= 4 is 11.8 Å². The molecule has 7 heteroatoms. The monoisotopic (exact) mass is 332 g/mol.